The van der Waals surface area contributed by atoms with Crippen molar-refractivity contribution < 1.29 is 9.29 Å². The summed E-state index contributed by atoms with van der Waals surface area (Å²) in [6.07, 6.45) is 3.68. The number of ether oxygens (including phenoxy) is 1. The molecule has 0 aliphatic rings. The van der Waals surface area contributed by atoms with Gasteiger partial charge in [0.2, 0.25) is 0 Å². The van der Waals surface area contributed by atoms with Crippen LogP contribution in [0.5, 0.6) is 5.75 Å². The van der Waals surface area contributed by atoms with E-state index >= 15 is 0 Å². The molecule has 2 unspecified atom stereocenters. The maximum Gasteiger partial charge on any atom is 0.185 e. The predicted molar refractivity (Wildman–Crippen MR) is 90.9 cm³/mol. The first-order valence-electron chi connectivity index (χ1n) is 6.19. The molecule has 0 fully saturated rings. The summed E-state index contributed by atoms with van der Waals surface area (Å²) in [5, 5.41) is 2.26. The van der Waals surface area contributed by atoms with Gasteiger partial charge in [0.25, 0.3) is 0 Å². The van der Waals surface area contributed by atoms with Crippen LogP contribution in [0.25, 0.3) is 16.3 Å². The molecule has 2 aromatic carbocycles. The molecule has 0 bridgehead atoms. The molecule has 0 amide bonds. The lowest BCUT2D eigenvalue weighted by Gasteiger charge is -2.19. The van der Waals surface area contributed by atoms with Crippen molar-refractivity contribution in [2.24, 2.45) is 0 Å². The van der Waals surface area contributed by atoms with Crippen molar-refractivity contribution in [1.82, 2.24) is 0 Å². The van der Waals surface area contributed by atoms with E-state index in [4.69, 9.17) is 4.74 Å². The summed E-state index contributed by atoms with van der Waals surface area (Å²) in [6.45, 7) is 4.12. The number of benzene rings is 2. The Hall–Kier alpha value is -1.10. The van der Waals surface area contributed by atoms with Gasteiger partial charge < -0.3 is 9.29 Å². The zero-order valence-electron chi connectivity index (χ0n) is 11.9. The van der Waals surface area contributed by atoms with Crippen LogP contribution in [0.15, 0.2) is 43.0 Å². The van der Waals surface area contributed by atoms with E-state index in [9.17, 15) is 4.55 Å². The predicted octanol–water partition coefficient (Wildman–Crippen LogP) is 3.93. The number of rotatable bonds is 5. The highest BCUT2D eigenvalue weighted by Gasteiger charge is 2.21. The Kier molecular flexibility index (Phi) is 5.02. The molecule has 0 N–H and O–H groups in total. The third-order valence-corrected chi connectivity index (χ3v) is 6.21. The Morgan fingerprint density at radius 1 is 1.25 bits per heavy atom. The van der Waals surface area contributed by atoms with Crippen LogP contribution in [0.3, 0.4) is 0 Å². The molecule has 2 atom stereocenters. The fourth-order valence-corrected chi connectivity index (χ4v) is 4.21. The highest BCUT2D eigenvalue weighted by Crippen LogP contribution is 2.31. The van der Waals surface area contributed by atoms with E-state index in [1.165, 1.54) is 0 Å². The quantitative estimate of drug-likeness (QED) is 0.785. The van der Waals surface area contributed by atoms with E-state index in [2.05, 4.69) is 12.6 Å². The Morgan fingerprint density at radius 2 is 1.90 bits per heavy atom. The summed E-state index contributed by atoms with van der Waals surface area (Å²) in [7, 11) is 1.66. The highest BCUT2D eigenvalue weighted by molar-refractivity contribution is 8.13. The number of fused-ring (bicyclic) bond motifs is 1. The lowest BCUT2D eigenvalue weighted by molar-refractivity contribution is 0.415. The average Bonchev–Trinajstić information content (AvgIpc) is 2.46. The fourth-order valence-electron chi connectivity index (χ4n) is 2.16. The van der Waals surface area contributed by atoms with Crippen LogP contribution in [0.1, 0.15) is 5.56 Å². The van der Waals surface area contributed by atoms with E-state index in [1.54, 1.807) is 25.1 Å². The van der Waals surface area contributed by atoms with Crippen molar-refractivity contribution in [3.05, 3.63) is 48.5 Å². The summed E-state index contributed by atoms with van der Waals surface area (Å²) in [5.41, 5.74) is 1.95. The largest absolute Gasteiger partial charge is 0.615 e. The second kappa shape index (κ2) is 6.57. The molecule has 2 nitrogen and oxygen atoms in total. The van der Waals surface area contributed by atoms with E-state index in [0.717, 1.165) is 27.7 Å². The van der Waals surface area contributed by atoms with Crippen molar-refractivity contribution in [2.75, 3.05) is 19.6 Å². The van der Waals surface area contributed by atoms with Crippen molar-refractivity contribution in [3.63, 3.8) is 0 Å². The van der Waals surface area contributed by atoms with Crippen molar-refractivity contribution in [3.8, 4) is 5.75 Å². The average molecular weight is 306 g/mol. The number of thioether (sulfide) groups is 1. The molecule has 0 aliphatic heterocycles. The number of methoxy groups -OCH3 is 1. The van der Waals surface area contributed by atoms with Gasteiger partial charge in [0, 0.05) is 5.57 Å². The molecule has 2 rings (SSSR count). The lowest BCUT2D eigenvalue weighted by Crippen LogP contribution is -2.17. The Labute approximate surface area is 127 Å². The van der Waals surface area contributed by atoms with Gasteiger partial charge in [0.15, 0.2) is 4.58 Å². The molecule has 0 saturated heterocycles. The van der Waals surface area contributed by atoms with Crippen LogP contribution in [0.4, 0.5) is 0 Å². The molecule has 2 aromatic rings. The van der Waals surface area contributed by atoms with Crippen molar-refractivity contribution in [2.45, 2.75) is 4.58 Å². The van der Waals surface area contributed by atoms with Gasteiger partial charge in [-0.05, 0) is 52.0 Å². The van der Waals surface area contributed by atoms with E-state index in [-0.39, 0.29) is 4.58 Å². The molecule has 0 saturated carbocycles. The monoisotopic (exact) mass is 306 g/mol. The van der Waals surface area contributed by atoms with Gasteiger partial charge in [-0.2, -0.15) is 0 Å². The van der Waals surface area contributed by atoms with Gasteiger partial charge in [-0.3, -0.25) is 0 Å². The van der Waals surface area contributed by atoms with Gasteiger partial charge in [-0.25, -0.2) is 0 Å². The van der Waals surface area contributed by atoms with Crippen LogP contribution < -0.4 is 4.74 Å². The molecular weight excluding hydrogens is 288 g/mol. The molecule has 0 spiro atoms. The van der Waals surface area contributed by atoms with E-state index in [0.29, 0.717) is 0 Å². The molecule has 20 heavy (non-hydrogen) atoms. The second-order valence-electron chi connectivity index (χ2n) is 4.52. The first kappa shape index (κ1) is 15.3. The van der Waals surface area contributed by atoms with E-state index in [1.807, 2.05) is 36.6 Å². The van der Waals surface area contributed by atoms with Crippen LogP contribution in [0.2, 0.25) is 0 Å². The topological polar surface area (TPSA) is 32.3 Å². The van der Waals surface area contributed by atoms with Gasteiger partial charge >= 0.3 is 0 Å². The van der Waals surface area contributed by atoms with Crippen LogP contribution in [-0.4, -0.2) is 28.8 Å². The third-order valence-electron chi connectivity index (χ3n) is 3.22. The molecule has 0 aliphatic carbocycles. The maximum absolute atomic E-state index is 11.7. The summed E-state index contributed by atoms with van der Waals surface area (Å²) >= 11 is 0.643. The molecule has 106 valence electrons. The van der Waals surface area contributed by atoms with Gasteiger partial charge in [-0.15, -0.1) is 11.8 Å². The zero-order chi connectivity index (χ0) is 14.7. The first-order chi connectivity index (χ1) is 9.56. The van der Waals surface area contributed by atoms with Crippen LogP contribution >= 0.6 is 11.8 Å². The lowest BCUT2D eigenvalue weighted by atomic mass is 10.0. The third kappa shape index (κ3) is 3.14. The highest BCUT2D eigenvalue weighted by atomic mass is 32.3. The molecular formula is C16H18O2S2. The minimum absolute atomic E-state index is 0.0642. The van der Waals surface area contributed by atoms with Crippen molar-refractivity contribution >= 4 is 39.3 Å². The second-order valence-corrected chi connectivity index (χ2v) is 7.23. The Bertz CT molecular complexity index is 623. The normalized spacial score (nSPS) is 14.0. The molecule has 0 heterocycles. The number of hydrogen-bond donors (Lipinski definition) is 0. The zero-order valence-corrected chi connectivity index (χ0v) is 13.5. The minimum Gasteiger partial charge on any atom is -0.615 e. The Balaban J connectivity index is 2.39. The van der Waals surface area contributed by atoms with Gasteiger partial charge in [-0.1, -0.05) is 24.8 Å². The Morgan fingerprint density at radius 3 is 2.50 bits per heavy atom. The van der Waals surface area contributed by atoms with Crippen LogP contribution in [0, 0.1) is 0 Å². The van der Waals surface area contributed by atoms with Gasteiger partial charge in [0.1, 0.15) is 5.75 Å². The fraction of sp³-hybridized carbons (Fsp3) is 0.250. The standard InChI is InChI=1S/C16H18O2S2/c1-11(16(19-3)20(4)17)12-5-6-14-10-15(18-2)8-7-13(14)9-12/h5-10,16H,1H2,2-4H3. The molecule has 4 heteroatoms. The summed E-state index contributed by atoms with van der Waals surface area (Å²) in [6, 6.07) is 12.1. The maximum atomic E-state index is 11.7. The van der Waals surface area contributed by atoms with E-state index < -0.39 is 11.2 Å². The summed E-state index contributed by atoms with van der Waals surface area (Å²) in [4.78, 5) is 0. The summed E-state index contributed by atoms with van der Waals surface area (Å²) < 4.78 is 16.9. The van der Waals surface area contributed by atoms with Crippen LogP contribution in [-0.2, 0) is 11.2 Å². The number of hydrogen-bond acceptors (Lipinski definition) is 3. The molecule has 0 radical (unpaired) electrons. The van der Waals surface area contributed by atoms with Gasteiger partial charge in [0.05, 0.1) is 13.4 Å². The van der Waals surface area contributed by atoms with Crippen molar-refractivity contribution in [1.29, 1.82) is 0 Å². The summed E-state index contributed by atoms with van der Waals surface area (Å²) in [5.74, 6) is 0.848. The molecule has 0 aromatic heterocycles. The smallest absolute Gasteiger partial charge is 0.185 e. The first-order valence-corrected chi connectivity index (χ1v) is 9.09. The minimum atomic E-state index is -0.929. The SMILES string of the molecule is C=C(c1ccc2cc(OC)ccc2c1)C(SC)[S+](C)[O-].